The van der Waals surface area contributed by atoms with E-state index in [4.69, 9.17) is 4.74 Å². The van der Waals surface area contributed by atoms with E-state index >= 15 is 0 Å². The Morgan fingerprint density at radius 3 is 2.25 bits per heavy atom. The first kappa shape index (κ1) is 15.4. The minimum atomic E-state index is 0.752. The first-order valence-corrected chi connectivity index (χ1v) is 8.56. The van der Waals surface area contributed by atoms with Crippen LogP contribution in [0, 0.1) is 5.92 Å². The Hall–Kier alpha value is -0.980. The Balaban J connectivity index is 1.78. The SMILES string of the molecule is CCCCCC1CCC(c2ccc(OCC)cc2)CC1. The van der Waals surface area contributed by atoms with Gasteiger partial charge >= 0.3 is 0 Å². The molecule has 0 saturated heterocycles. The van der Waals surface area contributed by atoms with Crippen molar-refractivity contribution >= 4 is 0 Å². The topological polar surface area (TPSA) is 9.23 Å². The summed E-state index contributed by atoms with van der Waals surface area (Å²) in [5.74, 6) is 2.79. The maximum atomic E-state index is 5.52. The molecule has 0 spiro atoms. The number of hydrogen-bond acceptors (Lipinski definition) is 1. The van der Waals surface area contributed by atoms with Gasteiger partial charge in [0.25, 0.3) is 0 Å². The number of ether oxygens (including phenoxy) is 1. The summed E-state index contributed by atoms with van der Waals surface area (Å²) in [6, 6.07) is 8.80. The molecule has 2 rings (SSSR count). The van der Waals surface area contributed by atoms with Gasteiger partial charge in [0.1, 0.15) is 5.75 Å². The predicted molar refractivity (Wildman–Crippen MR) is 86.5 cm³/mol. The van der Waals surface area contributed by atoms with Gasteiger partial charge in [-0.25, -0.2) is 0 Å². The number of unbranched alkanes of at least 4 members (excludes halogenated alkanes) is 2. The van der Waals surface area contributed by atoms with Crippen molar-refractivity contribution in [3.63, 3.8) is 0 Å². The fourth-order valence-electron chi connectivity index (χ4n) is 3.47. The van der Waals surface area contributed by atoms with E-state index in [0.29, 0.717) is 0 Å². The summed E-state index contributed by atoms with van der Waals surface area (Å²) in [5.41, 5.74) is 1.51. The van der Waals surface area contributed by atoms with Crippen molar-refractivity contribution in [3.8, 4) is 5.75 Å². The molecule has 0 N–H and O–H groups in total. The van der Waals surface area contributed by atoms with E-state index in [-0.39, 0.29) is 0 Å². The maximum Gasteiger partial charge on any atom is 0.119 e. The molecule has 1 aliphatic carbocycles. The number of rotatable bonds is 7. The molecule has 20 heavy (non-hydrogen) atoms. The van der Waals surface area contributed by atoms with Gasteiger partial charge in [-0.2, -0.15) is 0 Å². The first-order valence-electron chi connectivity index (χ1n) is 8.56. The Morgan fingerprint density at radius 1 is 0.950 bits per heavy atom. The minimum absolute atomic E-state index is 0.752. The van der Waals surface area contributed by atoms with Crippen molar-refractivity contribution < 1.29 is 4.74 Å². The standard InChI is InChI=1S/C19H30O/c1-3-5-6-7-16-8-10-17(11-9-16)18-12-14-19(15-13-18)20-4-2/h12-17H,3-11H2,1-2H3. The zero-order valence-electron chi connectivity index (χ0n) is 13.2. The highest BCUT2D eigenvalue weighted by atomic mass is 16.5. The van der Waals surface area contributed by atoms with Crippen LogP contribution in [0.25, 0.3) is 0 Å². The third-order valence-corrected chi connectivity index (χ3v) is 4.73. The van der Waals surface area contributed by atoms with E-state index in [9.17, 15) is 0 Å². The minimum Gasteiger partial charge on any atom is -0.494 e. The summed E-state index contributed by atoms with van der Waals surface area (Å²) in [6.07, 6.45) is 11.3. The molecule has 1 fully saturated rings. The molecule has 0 unspecified atom stereocenters. The molecule has 0 bridgehead atoms. The van der Waals surface area contributed by atoms with E-state index in [1.54, 1.807) is 0 Å². The second-order valence-corrected chi connectivity index (χ2v) is 6.22. The number of hydrogen-bond donors (Lipinski definition) is 0. The summed E-state index contributed by atoms with van der Waals surface area (Å²) in [6.45, 7) is 5.08. The van der Waals surface area contributed by atoms with Gasteiger partial charge < -0.3 is 4.74 Å². The average Bonchev–Trinajstić information content (AvgIpc) is 2.49. The summed E-state index contributed by atoms with van der Waals surface area (Å²) in [7, 11) is 0. The Bertz CT molecular complexity index is 360. The van der Waals surface area contributed by atoms with Crippen molar-refractivity contribution in [2.75, 3.05) is 6.61 Å². The van der Waals surface area contributed by atoms with E-state index in [1.165, 1.54) is 56.9 Å². The normalized spacial score (nSPS) is 22.7. The molecule has 112 valence electrons. The van der Waals surface area contributed by atoms with Crippen LogP contribution in [0.15, 0.2) is 24.3 Å². The molecule has 0 atom stereocenters. The second-order valence-electron chi connectivity index (χ2n) is 6.22. The molecule has 1 nitrogen and oxygen atoms in total. The van der Waals surface area contributed by atoms with E-state index in [2.05, 4.69) is 31.2 Å². The second kappa shape index (κ2) is 8.34. The molecule has 1 aromatic rings. The van der Waals surface area contributed by atoms with Crippen molar-refractivity contribution in [3.05, 3.63) is 29.8 Å². The summed E-state index contributed by atoms with van der Waals surface area (Å²) >= 11 is 0. The molecule has 0 amide bonds. The highest BCUT2D eigenvalue weighted by molar-refractivity contribution is 5.29. The highest BCUT2D eigenvalue weighted by Crippen LogP contribution is 2.38. The van der Waals surface area contributed by atoms with Gasteiger partial charge in [-0.15, -0.1) is 0 Å². The van der Waals surface area contributed by atoms with Gasteiger partial charge in [-0.3, -0.25) is 0 Å². The zero-order valence-corrected chi connectivity index (χ0v) is 13.2. The van der Waals surface area contributed by atoms with Crippen molar-refractivity contribution in [2.24, 2.45) is 5.92 Å². The van der Waals surface area contributed by atoms with Crippen LogP contribution < -0.4 is 4.74 Å². The molecular weight excluding hydrogens is 244 g/mol. The Labute approximate surface area is 124 Å². The summed E-state index contributed by atoms with van der Waals surface area (Å²) in [5, 5.41) is 0. The quantitative estimate of drug-likeness (QED) is 0.559. The first-order chi connectivity index (χ1) is 9.83. The molecule has 0 heterocycles. The van der Waals surface area contributed by atoms with Gasteiger partial charge in [0, 0.05) is 0 Å². The lowest BCUT2D eigenvalue weighted by atomic mass is 9.77. The summed E-state index contributed by atoms with van der Waals surface area (Å²) in [4.78, 5) is 0. The van der Waals surface area contributed by atoms with Crippen LogP contribution in [-0.4, -0.2) is 6.61 Å². The third kappa shape index (κ3) is 4.54. The molecule has 1 heteroatoms. The van der Waals surface area contributed by atoms with Gasteiger partial charge in [-0.1, -0.05) is 44.7 Å². The highest BCUT2D eigenvalue weighted by Gasteiger charge is 2.21. The third-order valence-electron chi connectivity index (χ3n) is 4.73. The Kier molecular flexibility index (Phi) is 6.42. The van der Waals surface area contributed by atoms with E-state index < -0.39 is 0 Å². The smallest absolute Gasteiger partial charge is 0.119 e. The predicted octanol–water partition coefficient (Wildman–Crippen LogP) is 5.94. The van der Waals surface area contributed by atoms with Gasteiger partial charge in [0.15, 0.2) is 0 Å². The van der Waals surface area contributed by atoms with Crippen molar-refractivity contribution in [2.45, 2.75) is 71.1 Å². The molecule has 0 aliphatic heterocycles. The average molecular weight is 274 g/mol. The fraction of sp³-hybridized carbons (Fsp3) is 0.684. The molecular formula is C19H30O. The molecule has 0 radical (unpaired) electrons. The van der Waals surface area contributed by atoms with E-state index in [0.717, 1.165) is 24.2 Å². The largest absolute Gasteiger partial charge is 0.494 e. The van der Waals surface area contributed by atoms with E-state index in [1.807, 2.05) is 6.92 Å². The van der Waals surface area contributed by atoms with Crippen molar-refractivity contribution in [1.29, 1.82) is 0 Å². The van der Waals surface area contributed by atoms with Crippen LogP contribution in [0.3, 0.4) is 0 Å². The molecule has 1 saturated carbocycles. The van der Waals surface area contributed by atoms with Crippen molar-refractivity contribution in [1.82, 2.24) is 0 Å². The monoisotopic (exact) mass is 274 g/mol. The van der Waals surface area contributed by atoms with Crippen LogP contribution in [0.5, 0.6) is 5.75 Å². The molecule has 1 aliphatic rings. The number of benzene rings is 1. The van der Waals surface area contributed by atoms with Crippen LogP contribution in [0.1, 0.15) is 76.7 Å². The zero-order chi connectivity index (χ0) is 14.2. The summed E-state index contributed by atoms with van der Waals surface area (Å²) < 4.78 is 5.52. The lowest BCUT2D eigenvalue weighted by Crippen LogP contribution is -2.13. The fourth-order valence-corrected chi connectivity index (χ4v) is 3.47. The van der Waals surface area contributed by atoms with Crippen LogP contribution >= 0.6 is 0 Å². The van der Waals surface area contributed by atoms with Crippen LogP contribution in [-0.2, 0) is 0 Å². The Morgan fingerprint density at radius 2 is 1.65 bits per heavy atom. The lowest BCUT2D eigenvalue weighted by molar-refractivity contribution is 0.302. The lowest BCUT2D eigenvalue weighted by Gasteiger charge is -2.29. The molecule has 0 aromatic heterocycles. The van der Waals surface area contributed by atoms with Crippen LogP contribution in [0.4, 0.5) is 0 Å². The van der Waals surface area contributed by atoms with Gasteiger partial charge in [0.05, 0.1) is 6.61 Å². The van der Waals surface area contributed by atoms with Gasteiger partial charge in [-0.05, 0) is 62.1 Å². The van der Waals surface area contributed by atoms with Crippen LogP contribution in [0.2, 0.25) is 0 Å². The van der Waals surface area contributed by atoms with Gasteiger partial charge in [0.2, 0.25) is 0 Å². The maximum absolute atomic E-state index is 5.52. The molecule has 1 aromatic carbocycles.